The van der Waals surface area contributed by atoms with Crippen LogP contribution in [0.3, 0.4) is 0 Å². The first-order valence-electron chi connectivity index (χ1n) is 6.12. The van der Waals surface area contributed by atoms with Gasteiger partial charge < -0.3 is 5.32 Å². The number of halogens is 1. The van der Waals surface area contributed by atoms with Crippen LogP contribution < -0.4 is 5.32 Å². The molecule has 0 bridgehead atoms. The predicted octanol–water partition coefficient (Wildman–Crippen LogP) is 4.34. The lowest BCUT2D eigenvalue weighted by Crippen LogP contribution is -2.04. The molecule has 0 saturated heterocycles. The second-order valence-electron chi connectivity index (χ2n) is 4.66. The van der Waals surface area contributed by atoms with Gasteiger partial charge in [0.05, 0.1) is 0 Å². The number of nitrogens with one attached hydrogen (secondary N) is 1. The fraction of sp³-hybridized carbons (Fsp3) is 0.250. The van der Waals surface area contributed by atoms with Gasteiger partial charge in [0, 0.05) is 17.1 Å². The number of benzene rings is 2. The van der Waals surface area contributed by atoms with Gasteiger partial charge in [-0.3, -0.25) is 0 Å². The van der Waals surface area contributed by atoms with Crippen molar-refractivity contribution >= 4 is 11.6 Å². The average Bonchev–Trinajstić information content (AvgIpc) is 2.33. The van der Waals surface area contributed by atoms with E-state index in [2.05, 4.69) is 49.5 Å². The third-order valence-corrected chi connectivity index (χ3v) is 3.41. The summed E-state index contributed by atoms with van der Waals surface area (Å²) in [5.41, 5.74) is 6.04. The van der Waals surface area contributed by atoms with Crippen LogP contribution in [0.1, 0.15) is 16.7 Å². The Labute approximate surface area is 114 Å². The highest BCUT2D eigenvalue weighted by atomic mass is 35.5. The lowest BCUT2D eigenvalue weighted by atomic mass is 9.97. The van der Waals surface area contributed by atoms with Crippen LogP contribution in [0, 0.1) is 13.8 Å². The topological polar surface area (TPSA) is 12.0 Å². The maximum atomic E-state index is 6.40. The molecule has 0 aromatic heterocycles. The molecule has 2 heteroatoms. The molecule has 0 aliphatic heterocycles. The molecule has 1 nitrogen and oxygen atoms in total. The fourth-order valence-corrected chi connectivity index (χ4v) is 2.42. The van der Waals surface area contributed by atoms with Crippen molar-refractivity contribution in [3.05, 3.63) is 58.1 Å². The maximum Gasteiger partial charge on any atom is 0.0487 e. The standard InChI is InChI=1S/C16H18ClN/c1-11-4-5-12(2)15(8-11)14-7-6-13(10-18-3)9-16(14)17/h4-9,18H,10H2,1-3H3. The molecule has 94 valence electrons. The molecule has 0 aliphatic rings. The van der Waals surface area contributed by atoms with Crippen molar-refractivity contribution in [1.29, 1.82) is 0 Å². The van der Waals surface area contributed by atoms with E-state index in [1.807, 2.05) is 13.1 Å². The third kappa shape index (κ3) is 2.74. The van der Waals surface area contributed by atoms with Gasteiger partial charge in [-0.2, -0.15) is 0 Å². The lowest BCUT2D eigenvalue weighted by Gasteiger charge is -2.11. The highest BCUT2D eigenvalue weighted by Gasteiger charge is 2.07. The molecule has 1 N–H and O–H groups in total. The second kappa shape index (κ2) is 5.55. The normalized spacial score (nSPS) is 10.7. The Hall–Kier alpha value is -1.31. The van der Waals surface area contributed by atoms with Gasteiger partial charge in [0.15, 0.2) is 0 Å². The molecule has 0 fully saturated rings. The van der Waals surface area contributed by atoms with Crippen LogP contribution >= 0.6 is 11.6 Å². The zero-order chi connectivity index (χ0) is 13.1. The van der Waals surface area contributed by atoms with Crippen LogP contribution in [0.5, 0.6) is 0 Å². The van der Waals surface area contributed by atoms with E-state index in [9.17, 15) is 0 Å². The van der Waals surface area contributed by atoms with E-state index in [4.69, 9.17) is 11.6 Å². The van der Waals surface area contributed by atoms with E-state index in [1.165, 1.54) is 22.3 Å². The highest BCUT2D eigenvalue weighted by molar-refractivity contribution is 6.33. The molecule has 0 spiro atoms. The SMILES string of the molecule is CNCc1ccc(-c2cc(C)ccc2C)c(Cl)c1. The Morgan fingerprint density at radius 2 is 1.78 bits per heavy atom. The minimum Gasteiger partial charge on any atom is -0.316 e. The molecular formula is C16H18ClN. The maximum absolute atomic E-state index is 6.40. The molecule has 18 heavy (non-hydrogen) atoms. The van der Waals surface area contributed by atoms with E-state index in [0.717, 1.165) is 17.1 Å². The minimum atomic E-state index is 0.816. The Bertz CT molecular complexity index is 561. The minimum absolute atomic E-state index is 0.816. The summed E-state index contributed by atoms with van der Waals surface area (Å²) in [5, 5.41) is 3.95. The number of hydrogen-bond acceptors (Lipinski definition) is 1. The molecule has 0 radical (unpaired) electrons. The van der Waals surface area contributed by atoms with Gasteiger partial charge in [-0.15, -0.1) is 0 Å². The number of rotatable bonds is 3. The van der Waals surface area contributed by atoms with E-state index < -0.39 is 0 Å². The average molecular weight is 260 g/mol. The van der Waals surface area contributed by atoms with Crippen LogP contribution in [0.15, 0.2) is 36.4 Å². The summed E-state index contributed by atoms with van der Waals surface area (Å²) in [6.07, 6.45) is 0. The van der Waals surface area contributed by atoms with Crippen molar-refractivity contribution < 1.29 is 0 Å². The van der Waals surface area contributed by atoms with Gasteiger partial charge in [0.1, 0.15) is 0 Å². The lowest BCUT2D eigenvalue weighted by molar-refractivity contribution is 0.818. The van der Waals surface area contributed by atoms with Crippen LogP contribution in [-0.2, 0) is 6.54 Å². The zero-order valence-electron chi connectivity index (χ0n) is 11.0. The summed E-state index contributed by atoms with van der Waals surface area (Å²) in [6, 6.07) is 12.7. The smallest absolute Gasteiger partial charge is 0.0487 e. The second-order valence-corrected chi connectivity index (χ2v) is 5.07. The van der Waals surface area contributed by atoms with Gasteiger partial charge in [-0.1, -0.05) is 47.5 Å². The molecule has 0 saturated carbocycles. The van der Waals surface area contributed by atoms with Crippen molar-refractivity contribution in [3.8, 4) is 11.1 Å². The monoisotopic (exact) mass is 259 g/mol. The first-order chi connectivity index (χ1) is 8.61. The molecule has 2 aromatic carbocycles. The summed E-state index contributed by atoms with van der Waals surface area (Å²) in [5.74, 6) is 0. The Balaban J connectivity index is 2.47. The van der Waals surface area contributed by atoms with Crippen molar-refractivity contribution in [2.75, 3.05) is 7.05 Å². The Kier molecular flexibility index (Phi) is 4.05. The first-order valence-corrected chi connectivity index (χ1v) is 6.50. The van der Waals surface area contributed by atoms with Gasteiger partial charge in [0.25, 0.3) is 0 Å². The van der Waals surface area contributed by atoms with Crippen LogP contribution in [-0.4, -0.2) is 7.05 Å². The molecule has 0 aliphatic carbocycles. The molecule has 0 atom stereocenters. The fourth-order valence-electron chi connectivity index (χ4n) is 2.12. The van der Waals surface area contributed by atoms with E-state index >= 15 is 0 Å². The molecule has 0 amide bonds. The van der Waals surface area contributed by atoms with Crippen LogP contribution in [0.2, 0.25) is 5.02 Å². The summed E-state index contributed by atoms with van der Waals surface area (Å²) in [7, 11) is 1.94. The van der Waals surface area contributed by atoms with Gasteiger partial charge in [0.2, 0.25) is 0 Å². The predicted molar refractivity (Wildman–Crippen MR) is 79.1 cm³/mol. The van der Waals surface area contributed by atoms with Crippen LogP contribution in [0.25, 0.3) is 11.1 Å². The van der Waals surface area contributed by atoms with Crippen molar-refractivity contribution in [2.45, 2.75) is 20.4 Å². The summed E-state index contributed by atoms with van der Waals surface area (Å²) < 4.78 is 0. The van der Waals surface area contributed by atoms with Crippen molar-refractivity contribution in [3.63, 3.8) is 0 Å². The largest absolute Gasteiger partial charge is 0.316 e. The third-order valence-electron chi connectivity index (χ3n) is 3.10. The van der Waals surface area contributed by atoms with E-state index in [0.29, 0.717) is 0 Å². The first kappa shape index (κ1) is 13.1. The van der Waals surface area contributed by atoms with Gasteiger partial charge in [-0.25, -0.2) is 0 Å². The van der Waals surface area contributed by atoms with Crippen molar-refractivity contribution in [1.82, 2.24) is 5.32 Å². The quantitative estimate of drug-likeness (QED) is 0.865. The molecule has 2 rings (SSSR count). The van der Waals surface area contributed by atoms with Gasteiger partial charge in [-0.05, 0) is 43.7 Å². The number of hydrogen-bond donors (Lipinski definition) is 1. The van der Waals surface area contributed by atoms with Crippen molar-refractivity contribution in [2.24, 2.45) is 0 Å². The Morgan fingerprint density at radius 1 is 1.00 bits per heavy atom. The summed E-state index contributed by atoms with van der Waals surface area (Å²) in [4.78, 5) is 0. The summed E-state index contributed by atoms with van der Waals surface area (Å²) >= 11 is 6.40. The highest BCUT2D eigenvalue weighted by Crippen LogP contribution is 2.31. The van der Waals surface area contributed by atoms with Crippen LogP contribution in [0.4, 0.5) is 0 Å². The Morgan fingerprint density at radius 3 is 2.44 bits per heavy atom. The summed E-state index contributed by atoms with van der Waals surface area (Å²) in [6.45, 7) is 5.06. The number of aryl methyl sites for hydroxylation is 2. The van der Waals surface area contributed by atoms with E-state index in [-0.39, 0.29) is 0 Å². The molecule has 0 heterocycles. The molecule has 0 unspecified atom stereocenters. The van der Waals surface area contributed by atoms with E-state index in [1.54, 1.807) is 0 Å². The van der Waals surface area contributed by atoms with Gasteiger partial charge >= 0.3 is 0 Å². The zero-order valence-corrected chi connectivity index (χ0v) is 11.8. The molecular weight excluding hydrogens is 242 g/mol. The molecule has 2 aromatic rings.